The molecular formula is C27H22F3N5O2. The van der Waals surface area contributed by atoms with Crippen molar-refractivity contribution >= 4 is 22.4 Å². The van der Waals surface area contributed by atoms with Gasteiger partial charge in [0.25, 0.3) is 5.56 Å². The molecule has 0 aliphatic heterocycles. The minimum Gasteiger partial charge on any atom is -0.406 e. The van der Waals surface area contributed by atoms with Crippen molar-refractivity contribution in [3.63, 3.8) is 0 Å². The van der Waals surface area contributed by atoms with Crippen molar-refractivity contribution < 1.29 is 17.9 Å². The number of H-pyrrole nitrogens is 1. The van der Waals surface area contributed by atoms with E-state index in [0.29, 0.717) is 22.6 Å². The quantitative estimate of drug-likeness (QED) is 0.295. The second-order valence-corrected chi connectivity index (χ2v) is 8.70. The van der Waals surface area contributed by atoms with E-state index in [2.05, 4.69) is 25.2 Å². The van der Waals surface area contributed by atoms with Crippen LogP contribution in [0.1, 0.15) is 11.3 Å². The lowest BCUT2D eigenvalue weighted by atomic mass is 9.99. The maximum Gasteiger partial charge on any atom is 0.573 e. The molecule has 5 aromatic rings. The van der Waals surface area contributed by atoms with Crippen molar-refractivity contribution in [1.82, 2.24) is 19.7 Å². The van der Waals surface area contributed by atoms with Crippen LogP contribution in [0.2, 0.25) is 0 Å². The fourth-order valence-corrected chi connectivity index (χ4v) is 4.17. The highest BCUT2D eigenvalue weighted by Gasteiger charge is 2.31. The Balaban J connectivity index is 1.42. The summed E-state index contributed by atoms with van der Waals surface area (Å²) in [7, 11) is 1.75. The lowest BCUT2D eigenvalue weighted by molar-refractivity contribution is -0.274. The number of ether oxygens (including phenoxy) is 1. The van der Waals surface area contributed by atoms with Crippen LogP contribution < -0.4 is 15.6 Å². The maximum atomic E-state index is 13.2. The summed E-state index contributed by atoms with van der Waals surface area (Å²) in [5, 5.41) is 11.2. The average Bonchev–Trinajstić information content (AvgIpc) is 3.31. The fourth-order valence-electron chi connectivity index (χ4n) is 4.17. The molecule has 0 radical (unpaired) electrons. The Morgan fingerprint density at radius 2 is 1.73 bits per heavy atom. The molecule has 7 nitrogen and oxygen atoms in total. The Hall–Kier alpha value is -4.60. The molecule has 2 aromatic carbocycles. The third kappa shape index (κ3) is 5.04. The molecule has 0 saturated heterocycles. The van der Waals surface area contributed by atoms with Gasteiger partial charge in [0.1, 0.15) is 5.75 Å². The van der Waals surface area contributed by atoms with Gasteiger partial charge in [-0.25, -0.2) is 0 Å². The minimum atomic E-state index is -4.74. The number of nitrogens with one attached hydrogen (secondary N) is 2. The van der Waals surface area contributed by atoms with E-state index < -0.39 is 6.36 Å². The molecule has 3 aromatic heterocycles. The molecular weight excluding hydrogens is 483 g/mol. The van der Waals surface area contributed by atoms with Crippen LogP contribution in [0.5, 0.6) is 5.75 Å². The van der Waals surface area contributed by atoms with E-state index in [1.165, 1.54) is 24.3 Å². The first-order chi connectivity index (χ1) is 17.6. The smallest absolute Gasteiger partial charge is 0.406 e. The summed E-state index contributed by atoms with van der Waals surface area (Å²) in [5.41, 5.74) is 5.79. The van der Waals surface area contributed by atoms with E-state index in [-0.39, 0.29) is 11.3 Å². The van der Waals surface area contributed by atoms with Crippen molar-refractivity contribution in [2.24, 2.45) is 7.05 Å². The molecule has 10 heteroatoms. The van der Waals surface area contributed by atoms with Gasteiger partial charge in [-0.15, -0.1) is 13.2 Å². The number of alkyl halides is 3. The molecule has 0 aliphatic rings. The summed E-state index contributed by atoms with van der Waals surface area (Å²) < 4.78 is 42.7. The summed E-state index contributed by atoms with van der Waals surface area (Å²) >= 11 is 0. The van der Waals surface area contributed by atoms with Gasteiger partial charge in [0, 0.05) is 41.6 Å². The van der Waals surface area contributed by atoms with Crippen LogP contribution in [0.25, 0.3) is 33.3 Å². The predicted octanol–water partition coefficient (Wildman–Crippen LogP) is 6.25. The Bertz CT molecular complexity index is 1670. The summed E-state index contributed by atoms with van der Waals surface area (Å²) in [6.45, 7) is 3.82. The molecule has 5 rings (SSSR count). The monoisotopic (exact) mass is 505 g/mol. The zero-order chi connectivity index (χ0) is 26.3. The van der Waals surface area contributed by atoms with Gasteiger partial charge in [-0.1, -0.05) is 6.07 Å². The molecule has 0 atom stereocenters. The maximum absolute atomic E-state index is 13.2. The van der Waals surface area contributed by atoms with Crippen molar-refractivity contribution in [3.8, 4) is 28.1 Å². The van der Waals surface area contributed by atoms with E-state index in [1.54, 1.807) is 23.9 Å². The molecule has 0 unspecified atom stereocenters. The molecule has 0 amide bonds. The number of hydrogen-bond acceptors (Lipinski definition) is 5. The SMILES string of the molecule is Cc1cc2c(cn1)cc(-c1cc(Nc3cc(-c4ccc(OC(F)(F)F)cc4)[nH]n3)ccc1C)c(=O)n2C. The second kappa shape index (κ2) is 9.12. The number of anilines is 2. The van der Waals surface area contributed by atoms with Crippen LogP contribution in [0.3, 0.4) is 0 Å². The van der Waals surface area contributed by atoms with Crippen LogP contribution in [-0.4, -0.2) is 26.1 Å². The normalized spacial score (nSPS) is 11.6. The first-order valence-electron chi connectivity index (χ1n) is 11.3. The Labute approximate surface area is 209 Å². The van der Waals surface area contributed by atoms with E-state index in [0.717, 1.165) is 33.4 Å². The highest BCUT2D eigenvalue weighted by Crippen LogP contribution is 2.30. The third-order valence-corrected chi connectivity index (χ3v) is 6.02. The number of benzene rings is 2. The summed E-state index contributed by atoms with van der Waals surface area (Å²) in [5.74, 6) is 0.207. The molecule has 0 fully saturated rings. The average molecular weight is 506 g/mol. The summed E-state index contributed by atoms with van der Waals surface area (Å²) in [6.07, 6.45) is -2.98. The number of aryl methyl sites for hydroxylation is 3. The van der Waals surface area contributed by atoms with Crippen molar-refractivity contribution in [1.29, 1.82) is 0 Å². The molecule has 0 spiro atoms. The zero-order valence-electron chi connectivity index (χ0n) is 20.1. The van der Waals surface area contributed by atoms with Crippen LogP contribution >= 0.6 is 0 Å². The first-order valence-corrected chi connectivity index (χ1v) is 11.3. The van der Waals surface area contributed by atoms with E-state index in [4.69, 9.17) is 0 Å². The third-order valence-electron chi connectivity index (χ3n) is 6.02. The molecule has 188 valence electrons. The number of fused-ring (bicyclic) bond motifs is 1. The van der Waals surface area contributed by atoms with Crippen molar-refractivity contribution in [2.45, 2.75) is 20.2 Å². The van der Waals surface area contributed by atoms with Crippen LogP contribution in [-0.2, 0) is 7.05 Å². The van der Waals surface area contributed by atoms with Gasteiger partial charge >= 0.3 is 6.36 Å². The number of halogens is 3. The fraction of sp³-hybridized carbons (Fsp3) is 0.148. The topological polar surface area (TPSA) is 84.8 Å². The van der Waals surface area contributed by atoms with Crippen molar-refractivity contribution in [2.75, 3.05) is 5.32 Å². The van der Waals surface area contributed by atoms with E-state index in [1.807, 2.05) is 44.2 Å². The number of aromatic nitrogens is 4. The number of nitrogens with zero attached hydrogens (tertiary/aromatic N) is 3. The van der Waals surface area contributed by atoms with Gasteiger partial charge < -0.3 is 14.6 Å². The number of rotatable bonds is 5. The second-order valence-electron chi connectivity index (χ2n) is 8.70. The van der Waals surface area contributed by atoms with Crippen LogP contribution in [0.4, 0.5) is 24.7 Å². The predicted molar refractivity (Wildman–Crippen MR) is 136 cm³/mol. The zero-order valence-corrected chi connectivity index (χ0v) is 20.1. The lowest BCUT2D eigenvalue weighted by Crippen LogP contribution is -2.19. The Morgan fingerprint density at radius 3 is 2.46 bits per heavy atom. The lowest BCUT2D eigenvalue weighted by Gasteiger charge is -2.13. The van der Waals surface area contributed by atoms with Gasteiger partial charge in [0.15, 0.2) is 5.82 Å². The van der Waals surface area contributed by atoms with Gasteiger partial charge in [-0.05, 0) is 79.1 Å². The van der Waals surface area contributed by atoms with Gasteiger partial charge in [-0.2, -0.15) is 5.10 Å². The molecule has 0 aliphatic carbocycles. The minimum absolute atomic E-state index is 0.113. The molecule has 0 saturated carbocycles. The summed E-state index contributed by atoms with van der Waals surface area (Å²) in [6, 6.07) is 16.7. The molecule has 37 heavy (non-hydrogen) atoms. The Kier molecular flexibility index (Phi) is 5.94. The number of aromatic amines is 1. The molecule has 2 N–H and O–H groups in total. The highest BCUT2D eigenvalue weighted by molar-refractivity contribution is 5.85. The van der Waals surface area contributed by atoms with Gasteiger partial charge in [-0.3, -0.25) is 14.9 Å². The summed E-state index contributed by atoms with van der Waals surface area (Å²) in [4.78, 5) is 17.6. The highest BCUT2D eigenvalue weighted by atomic mass is 19.4. The first kappa shape index (κ1) is 24.1. The van der Waals surface area contributed by atoms with Gasteiger partial charge in [0.2, 0.25) is 0 Å². The standard InChI is InChI=1S/C27H22F3N5O2/c1-15-4-7-19(12-21(15)22-11-18-14-31-16(2)10-24(18)35(3)26(22)36)32-25-13-23(33-34-25)17-5-8-20(9-6-17)37-27(28,29)30/h4-14H,1-3H3,(H2,32,33,34). The largest absolute Gasteiger partial charge is 0.573 e. The molecule has 3 heterocycles. The van der Waals surface area contributed by atoms with E-state index in [9.17, 15) is 18.0 Å². The van der Waals surface area contributed by atoms with Crippen molar-refractivity contribution in [3.05, 3.63) is 88.5 Å². The molecule has 0 bridgehead atoms. The van der Waals surface area contributed by atoms with Gasteiger partial charge in [0.05, 0.1) is 11.2 Å². The van der Waals surface area contributed by atoms with Crippen LogP contribution in [0, 0.1) is 13.8 Å². The Morgan fingerprint density at radius 1 is 0.973 bits per heavy atom. The number of hydrogen-bond donors (Lipinski definition) is 2. The van der Waals surface area contributed by atoms with E-state index >= 15 is 0 Å². The number of pyridine rings is 2. The van der Waals surface area contributed by atoms with Crippen LogP contribution in [0.15, 0.2) is 71.7 Å².